The van der Waals surface area contributed by atoms with E-state index in [9.17, 15) is 0 Å². The fourth-order valence-electron chi connectivity index (χ4n) is 2.05. The summed E-state index contributed by atoms with van der Waals surface area (Å²) in [6.07, 6.45) is 2.23. The van der Waals surface area contributed by atoms with E-state index in [1.165, 1.54) is 16.6 Å². The maximum absolute atomic E-state index is 3.57. The van der Waals surface area contributed by atoms with E-state index in [1.807, 2.05) is 0 Å². The molecule has 2 aromatic heterocycles. The number of hydrogen-bond acceptors (Lipinski definition) is 0. The Labute approximate surface area is 99.2 Å². The summed E-state index contributed by atoms with van der Waals surface area (Å²) in [7, 11) is 0. The zero-order valence-electron chi connectivity index (χ0n) is 9.63. The van der Waals surface area contributed by atoms with Crippen molar-refractivity contribution in [3.05, 3.63) is 40.1 Å². The number of aromatic nitrogens is 1. The van der Waals surface area contributed by atoms with Crippen molar-refractivity contribution in [1.29, 1.82) is 0 Å². The van der Waals surface area contributed by atoms with E-state index < -0.39 is 0 Å². The summed E-state index contributed by atoms with van der Waals surface area (Å²) in [6.45, 7) is 8.95. The zero-order valence-corrected chi connectivity index (χ0v) is 11.2. The Morgan fingerprint density at radius 2 is 1.87 bits per heavy atom. The summed E-state index contributed by atoms with van der Waals surface area (Å²) in [5, 5.41) is 0. The summed E-state index contributed by atoms with van der Waals surface area (Å²) in [5.41, 5.74) is 4.28. The van der Waals surface area contributed by atoms with E-state index in [4.69, 9.17) is 0 Å². The number of aryl methyl sites for hydroxylation is 1. The highest BCUT2D eigenvalue weighted by atomic mass is 79.9. The highest BCUT2D eigenvalue weighted by molar-refractivity contribution is 9.10. The van der Waals surface area contributed by atoms with Gasteiger partial charge in [0.1, 0.15) is 0 Å². The molecular formula is C13H16BrN. The molecule has 0 saturated heterocycles. The second kappa shape index (κ2) is 3.38. The van der Waals surface area contributed by atoms with Crippen molar-refractivity contribution < 1.29 is 0 Å². The van der Waals surface area contributed by atoms with Crippen molar-refractivity contribution in [3.63, 3.8) is 0 Å². The first-order chi connectivity index (χ1) is 6.91. The number of pyridine rings is 1. The predicted octanol–water partition coefficient (Wildman–Crippen LogP) is 4.31. The molecule has 0 aliphatic rings. The minimum absolute atomic E-state index is 0.204. The first kappa shape index (κ1) is 10.7. The summed E-state index contributed by atoms with van der Waals surface area (Å²) >= 11 is 3.57. The highest BCUT2D eigenvalue weighted by Crippen LogP contribution is 2.30. The zero-order chi connectivity index (χ0) is 11.2. The second-order valence-corrected chi connectivity index (χ2v) is 5.83. The van der Waals surface area contributed by atoms with Crippen LogP contribution in [0.3, 0.4) is 0 Å². The van der Waals surface area contributed by atoms with Crippen molar-refractivity contribution in [2.75, 3.05) is 0 Å². The summed E-state index contributed by atoms with van der Waals surface area (Å²) < 4.78 is 3.31. The Morgan fingerprint density at radius 1 is 1.20 bits per heavy atom. The van der Waals surface area contributed by atoms with Crippen molar-refractivity contribution in [2.45, 2.75) is 33.1 Å². The molecule has 80 valence electrons. The van der Waals surface area contributed by atoms with Crippen LogP contribution in [0.5, 0.6) is 0 Å². The van der Waals surface area contributed by atoms with Gasteiger partial charge in [-0.05, 0) is 51.5 Å². The minimum Gasteiger partial charge on any atom is -0.311 e. The minimum atomic E-state index is 0.204. The average Bonchev–Trinajstić information content (AvgIpc) is 2.45. The molecule has 15 heavy (non-hydrogen) atoms. The van der Waals surface area contributed by atoms with Gasteiger partial charge in [0.15, 0.2) is 0 Å². The normalized spacial score (nSPS) is 12.3. The molecule has 0 radical (unpaired) electrons. The molecule has 2 aromatic rings. The number of halogens is 1. The third-order valence-electron chi connectivity index (χ3n) is 2.83. The van der Waals surface area contributed by atoms with Crippen LogP contribution in [0.1, 0.15) is 31.9 Å². The molecule has 0 saturated carbocycles. The monoisotopic (exact) mass is 265 g/mol. The Hall–Kier alpha value is -0.760. The van der Waals surface area contributed by atoms with Crippen LogP contribution in [0, 0.1) is 6.92 Å². The maximum Gasteiger partial charge on any atom is 0.0891 e. The van der Waals surface area contributed by atoms with Crippen LogP contribution in [0.2, 0.25) is 0 Å². The SMILES string of the molecule is Cc1c(C(C)(C)C)cn2c(Br)cccc12. The number of nitrogens with zero attached hydrogens (tertiary/aromatic N) is 1. The van der Waals surface area contributed by atoms with Gasteiger partial charge in [0.25, 0.3) is 0 Å². The predicted molar refractivity (Wildman–Crippen MR) is 68.5 cm³/mol. The Morgan fingerprint density at radius 3 is 2.40 bits per heavy atom. The van der Waals surface area contributed by atoms with Crippen LogP contribution in [-0.2, 0) is 5.41 Å². The van der Waals surface area contributed by atoms with Gasteiger partial charge in [0.05, 0.1) is 4.60 Å². The van der Waals surface area contributed by atoms with E-state index in [1.54, 1.807) is 0 Å². The molecule has 0 atom stereocenters. The fraction of sp³-hybridized carbons (Fsp3) is 0.385. The maximum atomic E-state index is 3.57. The molecule has 2 rings (SSSR count). The Balaban J connectivity index is 2.81. The van der Waals surface area contributed by atoms with Gasteiger partial charge in [-0.15, -0.1) is 0 Å². The summed E-state index contributed by atoms with van der Waals surface area (Å²) in [5.74, 6) is 0. The van der Waals surface area contributed by atoms with E-state index in [-0.39, 0.29) is 5.41 Å². The lowest BCUT2D eigenvalue weighted by molar-refractivity contribution is 0.587. The lowest BCUT2D eigenvalue weighted by Gasteiger charge is -2.17. The van der Waals surface area contributed by atoms with E-state index in [0.29, 0.717) is 0 Å². The Bertz CT molecular complexity index is 503. The lowest BCUT2D eigenvalue weighted by atomic mass is 9.86. The van der Waals surface area contributed by atoms with Gasteiger partial charge < -0.3 is 4.40 Å². The van der Waals surface area contributed by atoms with Crippen LogP contribution in [0.15, 0.2) is 29.0 Å². The molecule has 2 heteroatoms. The summed E-state index contributed by atoms with van der Waals surface area (Å²) in [6, 6.07) is 6.31. The van der Waals surface area contributed by atoms with E-state index in [2.05, 4.69) is 72.4 Å². The van der Waals surface area contributed by atoms with Gasteiger partial charge >= 0.3 is 0 Å². The third kappa shape index (κ3) is 1.71. The van der Waals surface area contributed by atoms with Crippen LogP contribution >= 0.6 is 15.9 Å². The third-order valence-corrected chi connectivity index (χ3v) is 3.48. The van der Waals surface area contributed by atoms with Gasteiger partial charge in [-0.2, -0.15) is 0 Å². The van der Waals surface area contributed by atoms with Crippen LogP contribution < -0.4 is 0 Å². The van der Waals surface area contributed by atoms with Crippen molar-refractivity contribution >= 4 is 21.4 Å². The fourth-order valence-corrected chi connectivity index (χ4v) is 2.50. The van der Waals surface area contributed by atoms with Crippen molar-refractivity contribution in [1.82, 2.24) is 4.40 Å². The van der Waals surface area contributed by atoms with Crippen LogP contribution in [0.4, 0.5) is 0 Å². The smallest absolute Gasteiger partial charge is 0.0891 e. The molecule has 2 heterocycles. The molecule has 1 nitrogen and oxygen atoms in total. The quantitative estimate of drug-likeness (QED) is 0.626. The largest absolute Gasteiger partial charge is 0.311 e. The van der Waals surface area contributed by atoms with E-state index in [0.717, 1.165) is 4.60 Å². The van der Waals surface area contributed by atoms with Crippen LogP contribution in [0.25, 0.3) is 5.52 Å². The van der Waals surface area contributed by atoms with Gasteiger partial charge in [0, 0.05) is 11.7 Å². The molecule has 0 amide bonds. The molecule has 0 unspecified atom stereocenters. The van der Waals surface area contributed by atoms with Gasteiger partial charge in [0.2, 0.25) is 0 Å². The molecule has 0 fully saturated rings. The first-order valence-corrected chi connectivity index (χ1v) is 5.97. The lowest BCUT2D eigenvalue weighted by Crippen LogP contribution is -2.11. The first-order valence-electron chi connectivity index (χ1n) is 5.18. The van der Waals surface area contributed by atoms with Crippen molar-refractivity contribution in [2.24, 2.45) is 0 Å². The second-order valence-electron chi connectivity index (χ2n) is 5.02. The summed E-state index contributed by atoms with van der Waals surface area (Å²) in [4.78, 5) is 0. The highest BCUT2D eigenvalue weighted by Gasteiger charge is 2.19. The molecular weight excluding hydrogens is 250 g/mol. The molecule has 0 bridgehead atoms. The molecule has 0 aliphatic carbocycles. The van der Waals surface area contributed by atoms with Crippen molar-refractivity contribution in [3.8, 4) is 0 Å². The number of rotatable bonds is 0. The van der Waals surface area contributed by atoms with Gasteiger partial charge in [-0.3, -0.25) is 0 Å². The topological polar surface area (TPSA) is 4.41 Å². The molecule has 0 N–H and O–H groups in total. The standard InChI is InChI=1S/C13H16BrN/c1-9-10(13(2,3)4)8-15-11(9)6-5-7-12(15)14/h5-8H,1-4H3. The van der Waals surface area contributed by atoms with Gasteiger partial charge in [-0.1, -0.05) is 26.8 Å². The average molecular weight is 266 g/mol. The van der Waals surface area contributed by atoms with E-state index >= 15 is 0 Å². The molecule has 0 aromatic carbocycles. The molecule has 0 aliphatic heterocycles. The van der Waals surface area contributed by atoms with Crippen LogP contribution in [-0.4, -0.2) is 4.40 Å². The number of hydrogen-bond donors (Lipinski definition) is 0. The molecule has 0 spiro atoms. The van der Waals surface area contributed by atoms with Gasteiger partial charge in [-0.25, -0.2) is 0 Å². The number of fused-ring (bicyclic) bond motifs is 1. The Kier molecular flexibility index (Phi) is 2.42.